The summed E-state index contributed by atoms with van der Waals surface area (Å²) in [5.41, 5.74) is 4.63. The zero-order chi connectivity index (χ0) is 22.9. The van der Waals surface area contributed by atoms with Gasteiger partial charge in [0.15, 0.2) is 0 Å². The van der Waals surface area contributed by atoms with E-state index in [4.69, 9.17) is 0 Å². The topological polar surface area (TPSA) is 42.6 Å². The lowest BCUT2D eigenvalue weighted by Gasteiger charge is -2.38. The molecular weight excluding hydrogens is 420 g/mol. The van der Waals surface area contributed by atoms with Crippen molar-refractivity contribution < 1.29 is 4.79 Å². The number of H-pyrrole nitrogens is 1. The first kappa shape index (κ1) is 21.9. The Morgan fingerprint density at radius 3 is 2.47 bits per heavy atom. The number of likely N-dealkylation sites (tertiary alicyclic amines) is 1. The smallest absolute Gasteiger partial charge is 0.254 e. The summed E-state index contributed by atoms with van der Waals surface area (Å²) >= 11 is 0. The van der Waals surface area contributed by atoms with Crippen LogP contribution < -0.4 is 0 Å². The first-order valence-corrected chi connectivity index (χ1v) is 13.2. The molecule has 3 aliphatic rings. The van der Waals surface area contributed by atoms with E-state index in [1.807, 2.05) is 6.07 Å². The van der Waals surface area contributed by atoms with Gasteiger partial charge in [0.25, 0.3) is 5.91 Å². The molecule has 2 saturated heterocycles. The summed E-state index contributed by atoms with van der Waals surface area (Å²) in [6.45, 7) is 5.85. The van der Waals surface area contributed by atoms with Crippen LogP contribution in [0.2, 0.25) is 0 Å². The lowest BCUT2D eigenvalue weighted by molar-refractivity contribution is 0.0573. The van der Waals surface area contributed by atoms with E-state index in [0.717, 1.165) is 56.4 Å². The number of hydrogen-bond acceptors (Lipinski definition) is 3. The van der Waals surface area contributed by atoms with Gasteiger partial charge in [0.05, 0.1) is 0 Å². The minimum absolute atomic E-state index is 0.177. The highest BCUT2D eigenvalue weighted by Crippen LogP contribution is 2.37. The van der Waals surface area contributed by atoms with E-state index in [1.54, 1.807) is 0 Å². The molecule has 5 heteroatoms. The van der Waals surface area contributed by atoms with E-state index in [-0.39, 0.29) is 5.91 Å². The molecular formula is C29H36N4O. The molecule has 3 heterocycles. The fraction of sp³-hybridized carbons (Fsp3) is 0.483. The number of rotatable bonds is 5. The maximum atomic E-state index is 13.3. The minimum Gasteiger partial charge on any atom is -0.361 e. The first-order chi connectivity index (χ1) is 16.8. The predicted octanol–water partition coefficient (Wildman–Crippen LogP) is 5.21. The third kappa shape index (κ3) is 4.27. The molecule has 1 amide bonds. The van der Waals surface area contributed by atoms with Crippen molar-refractivity contribution in [2.45, 2.75) is 57.2 Å². The number of nitrogens with one attached hydrogen (secondary N) is 1. The van der Waals surface area contributed by atoms with Crippen molar-refractivity contribution in [1.29, 1.82) is 0 Å². The molecule has 1 N–H and O–H groups in total. The maximum Gasteiger partial charge on any atom is 0.254 e. The first-order valence-electron chi connectivity index (χ1n) is 13.2. The molecule has 34 heavy (non-hydrogen) atoms. The summed E-state index contributed by atoms with van der Waals surface area (Å²) in [5, 5.41) is 1.26. The second-order valence-electron chi connectivity index (χ2n) is 10.4. The zero-order valence-electron chi connectivity index (χ0n) is 20.1. The highest BCUT2D eigenvalue weighted by Gasteiger charge is 2.30. The lowest BCUT2D eigenvalue weighted by Crippen LogP contribution is -2.51. The van der Waals surface area contributed by atoms with Crippen molar-refractivity contribution >= 4 is 16.8 Å². The summed E-state index contributed by atoms with van der Waals surface area (Å²) in [4.78, 5) is 24.0. The van der Waals surface area contributed by atoms with Gasteiger partial charge in [0.1, 0.15) is 0 Å². The molecule has 0 radical (unpaired) electrons. The number of carbonyl (C=O) groups is 1. The van der Waals surface area contributed by atoms with E-state index in [9.17, 15) is 4.79 Å². The van der Waals surface area contributed by atoms with E-state index < -0.39 is 0 Å². The van der Waals surface area contributed by atoms with Gasteiger partial charge >= 0.3 is 0 Å². The van der Waals surface area contributed by atoms with E-state index in [1.165, 1.54) is 55.0 Å². The Bertz CT molecular complexity index is 1130. The summed E-state index contributed by atoms with van der Waals surface area (Å²) in [6, 6.07) is 18.2. The number of piperazine rings is 1. The monoisotopic (exact) mass is 456 g/mol. The summed E-state index contributed by atoms with van der Waals surface area (Å²) in [6.07, 6.45) is 10.00. The Balaban J connectivity index is 1.15. The number of hydrogen-bond donors (Lipinski definition) is 1. The quantitative estimate of drug-likeness (QED) is 0.573. The van der Waals surface area contributed by atoms with Crippen molar-refractivity contribution in [3.05, 3.63) is 71.4 Å². The maximum absolute atomic E-state index is 13.3. The van der Waals surface area contributed by atoms with Gasteiger partial charge in [-0.15, -0.1) is 0 Å². The fourth-order valence-corrected chi connectivity index (χ4v) is 6.49. The largest absolute Gasteiger partial charge is 0.361 e. The van der Waals surface area contributed by atoms with Crippen molar-refractivity contribution in [2.24, 2.45) is 0 Å². The van der Waals surface area contributed by atoms with Crippen LogP contribution in [0.3, 0.4) is 0 Å². The van der Waals surface area contributed by atoms with Crippen LogP contribution in [0.25, 0.3) is 10.9 Å². The van der Waals surface area contributed by atoms with Crippen molar-refractivity contribution in [2.75, 3.05) is 32.7 Å². The van der Waals surface area contributed by atoms with Crippen LogP contribution in [0.5, 0.6) is 0 Å². The number of benzene rings is 2. The average molecular weight is 457 g/mol. The van der Waals surface area contributed by atoms with Gasteiger partial charge in [0, 0.05) is 67.5 Å². The number of nitrogens with zero attached hydrogens (tertiary/aromatic N) is 3. The van der Waals surface area contributed by atoms with Crippen molar-refractivity contribution in [3.63, 3.8) is 0 Å². The normalized spacial score (nSPS) is 22.7. The molecule has 0 spiro atoms. The molecule has 1 saturated carbocycles. The molecule has 0 bridgehead atoms. The van der Waals surface area contributed by atoms with Crippen LogP contribution >= 0.6 is 0 Å². The fourth-order valence-electron chi connectivity index (χ4n) is 6.49. The highest BCUT2D eigenvalue weighted by atomic mass is 16.2. The van der Waals surface area contributed by atoms with E-state index >= 15 is 0 Å². The molecule has 3 aromatic rings. The zero-order valence-corrected chi connectivity index (χ0v) is 20.1. The van der Waals surface area contributed by atoms with Crippen LogP contribution in [0.15, 0.2) is 54.7 Å². The summed E-state index contributed by atoms with van der Waals surface area (Å²) < 4.78 is 0. The Morgan fingerprint density at radius 1 is 0.882 bits per heavy atom. The molecule has 2 aliphatic heterocycles. The number of aromatic nitrogens is 1. The van der Waals surface area contributed by atoms with Crippen molar-refractivity contribution in [1.82, 2.24) is 19.7 Å². The molecule has 2 aromatic carbocycles. The molecule has 1 atom stereocenters. The predicted molar refractivity (Wildman–Crippen MR) is 137 cm³/mol. The van der Waals surface area contributed by atoms with Crippen LogP contribution in [0.1, 0.15) is 66.1 Å². The Hall–Kier alpha value is -2.63. The minimum atomic E-state index is 0.177. The Kier molecular flexibility index (Phi) is 6.15. The number of amides is 1. The van der Waals surface area contributed by atoms with Gasteiger partial charge in [0.2, 0.25) is 0 Å². The van der Waals surface area contributed by atoms with Crippen LogP contribution in [0.4, 0.5) is 0 Å². The van der Waals surface area contributed by atoms with E-state index in [2.05, 4.69) is 68.3 Å². The van der Waals surface area contributed by atoms with E-state index in [0.29, 0.717) is 6.04 Å². The highest BCUT2D eigenvalue weighted by molar-refractivity contribution is 5.98. The van der Waals surface area contributed by atoms with Gasteiger partial charge < -0.3 is 9.88 Å². The van der Waals surface area contributed by atoms with Crippen molar-refractivity contribution in [3.8, 4) is 0 Å². The second-order valence-corrected chi connectivity index (χ2v) is 10.4. The standard InChI is InChI=1S/C29H36N4O/c34-29(32-17-15-31(16-18-32)24-9-4-5-10-24)23-12-13-25-26(20-30-27(25)19-23)28-11-6-14-33(28)21-22-7-2-1-3-8-22/h1-3,7-8,12-13,19-20,24,28,30H,4-6,9-11,14-18,21H2. The van der Waals surface area contributed by atoms with Gasteiger partial charge in [-0.3, -0.25) is 14.6 Å². The lowest BCUT2D eigenvalue weighted by atomic mass is 10.0. The molecule has 1 unspecified atom stereocenters. The molecule has 1 aliphatic carbocycles. The molecule has 1 aromatic heterocycles. The van der Waals surface area contributed by atoms with Gasteiger partial charge in [-0.05, 0) is 55.5 Å². The van der Waals surface area contributed by atoms with Crippen LogP contribution in [0, 0.1) is 0 Å². The molecule has 6 rings (SSSR count). The Morgan fingerprint density at radius 2 is 1.68 bits per heavy atom. The average Bonchev–Trinajstić information content (AvgIpc) is 3.65. The number of fused-ring (bicyclic) bond motifs is 1. The third-order valence-corrected chi connectivity index (χ3v) is 8.35. The molecule has 3 fully saturated rings. The van der Waals surface area contributed by atoms with Crippen LogP contribution in [-0.4, -0.2) is 64.4 Å². The molecule has 5 nitrogen and oxygen atoms in total. The SMILES string of the molecule is O=C(c1ccc2c(C3CCCN3Cc3ccccc3)c[nH]c2c1)N1CCN(C2CCCC2)CC1. The van der Waals surface area contributed by atoms with Gasteiger partial charge in [-0.1, -0.05) is 49.2 Å². The summed E-state index contributed by atoms with van der Waals surface area (Å²) in [7, 11) is 0. The van der Waals surface area contributed by atoms with Gasteiger partial charge in [-0.2, -0.15) is 0 Å². The number of carbonyl (C=O) groups excluding carboxylic acids is 1. The van der Waals surface area contributed by atoms with Gasteiger partial charge in [-0.25, -0.2) is 0 Å². The number of aromatic amines is 1. The summed E-state index contributed by atoms with van der Waals surface area (Å²) in [5.74, 6) is 0.177. The Labute approximate surface area is 202 Å². The third-order valence-electron chi connectivity index (χ3n) is 8.35. The molecule has 178 valence electrons. The second kappa shape index (κ2) is 9.55. The van der Waals surface area contributed by atoms with Crippen LogP contribution in [-0.2, 0) is 6.54 Å².